The zero-order valence-electron chi connectivity index (χ0n) is 11.5. The average Bonchev–Trinajstić information content (AvgIpc) is 3.06. The van der Waals surface area contributed by atoms with E-state index in [2.05, 4.69) is 15.5 Å². The molecular formula is C14H15N3O4. The summed E-state index contributed by atoms with van der Waals surface area (Å²) in [6.45, 7) is 1.78. The summed E-state index contributed by atoms with van der Waals surface area (Å²) in [5.41, 5.74) is 1.50. The van der Waals surface area contributed by atoms with Crippen molar-refractivity contribution in [2.45, 2.75) is 32.2 Å². The summed E-state index contributed by atoms with van der Waals surface area (Å²) in [6.07, 6.45) is 3.20. The van der Waals surface area contributed by atoms with Crippen LogP contribution >= 0.6 is 0 Å². The molecule has 0 radical (unpaired) electrons. The van der Waals surface area contributed by atoms with Crippen molar-refractivity contribution in [1.82, 2.24) is 15.5 Å². The van der Waals surface area contributed by atoms with Crippen LogP contribution in [-0.2, 0) is 4.79 Å². The fourth-order valence-corrected chi connectivity index (χ4v) is 2.67. The quantitative estimate of drug-likeness (QED) is 0.887. The second-order valence-corrected chi connectivity index (χ2v) is 5.36. The van der Waals surface area contributed by atoms with Crippen LogP contribution in [0.4, 0.5) is 0 Å². The Balaban J connectivity index is 1.72. The molecule has 0 aromatic carbocycles. The van der Waals surface area contributed by atoms with E-state index in [1.165, 1.54) is 6.20 Å². The molecule has 110 valence electrons. The maximum Gasteiger partial charge on any atom is 0.306 e. The van der Waals surface area contributed by atoms with Gasteiger partial charge in [0.1, 0.15) is 0 Å². The van der Waals surface area contributed by atoms with Gasteiger partial charge in [-0.25, -0.2) is 4.98 Å². The van der Waals surface area contributed by atoms with Crippen LogP contribution in [0.5, 0.6) is 0 Å². The smallest absolute Gasteiger partial charge is 0.306 e. The van der Waals surface area contributed by atoms with Crippen LogP contribution < -0.4 is 5.32 Å². The van der Waals surface area contributed by atoms with Crippen LogP contribution in [0.3, 0.4) is 0 Å². The van der Waals surface area contributed by atoms with Gasteiger partial charge in [-0.3, -0.25) is 9.59 Å². The number of carbonyl (C=O) groups excluding carboxylic acids is 1. The number of fused-ring (bicyclic) bond motifs is 1. The Morgan fingerprint density at radius 2 is 2.24 bits per heavy atom. The van der Waals surface area contributed by atoms with Gasteiger partial charge in [0.05, 0.1) is 22.6 Å². The Kier molecular flexibility index (Phi) is 3.32. The highest BCUT2D eigenvalue weighted by Crippen LogP contribution is 2.26. The number of rotatable bonds is 3. The Morgan fingerprint density at radius 3 is 2.95 bits per heavy atom. The molecule has 1 fully saturated rings. The van der Waals surface area contributed by atoms with E-state index >= 15 is 0 Å². The van der Waals surface area contributed by atoms with Crippen molar-refractivity contribution in [3.63, 3.8) is 0 Å². The number of aromatic nitrogens is 2. The number of carboxylic acid groups (broad SMARTS) is 1. The highest BCUT2D eigenvalue weighted by molar-refractivity contribution is 5.97. The van der Waals surface area contributed by atoms with Crippen molar-refractivity contribution >= 4 is 23.0 Å². The van der Waals surface area contributed by atoms with E-state index in [0.717, 1.165) is 0 Å². The minimum Gasteiger partial charge on any atom is -0.481 e. The summed E-state index contributed by atoms with van der Waals surface area (Å²) in [7, 11) is 0. The van der Waals surface area contributed by atoms with Crippen molar-refractivity contribution in [1.29, 1.82) is 0 Å². The first-order chi connectivity index (χ1) is 10.0. The van der Waals surface area contributed by atoms with Crippen molar-refractivity contribution in [3.05, 3.63) is 23.5 Å². The normalized spacial score (nSPS) is 21.6. The van der Waals surface area contributed by atoms with Gasteiger partial charge >= 0.3 is 5.97 Å². The molecule has 0 aliphatic heterocycles. The van der Waals surface area contributed by atoms with Crippen LogP contribution in [0.15, 0.2) is 16.8 Å². The van der Waals surface area contributed by atoms with Crippen molar-refractivity contribution in [3.8, 4) is 0 Å². The molecule has 1 amide bonds. The van der Waals surface area contributed by atoms with Gasteiger partial charge in [-0.1, -0.05) is 5.16 Å². The third-order valence-electron chi connectivity index (χ3n) is 3.89. The molecule has 2 unspecified atom stereocenters. The SMILES string of the molecule is Cc1noc2ncc(C(=O)NC3CCC(C(=O)O)C3)cc12. The number of aryl methyl sites for hydroxylation is 1. The lowest BCUT2D eigenvalue weighted by Gasteiger charge is -2.12. The monoisotopic (exact) mass is 289 g/mol. The summed E-state index contributed by atoms with van der Waals surface area (Å²) in [5, 5.41) is 16.3. The molecule has 7 nitrogen and oxygen atoms in total. The van der Waals surface area contributed by atoms with Gasteiger partial charge in [0.2, 0.25) is 0 Å². The second kappa shape index (κ2) is 5.16. The molecule has 2 atom stereocenters. The van der Waals surface area contributed by atoms with Crippen LogP contribution in [0.25, 0.3) is 11.1 Å². The molecule has 1 aliphatic carbocycles. The highest BCUT2D eigenvalue weighted by Gasteiger charge is 2.30. The van der Waals surface area contributed by atoms with Gasteiger partial charge in [-0.05, 0) is 32.3 Å². The maximum absolute atomic E-state index is 12.2. The molecule has 3 rings (SSSR count). The lowest BCUT2D eigenvalue weighted by molar-refractivity contribution is -0.141. The Bertz CT molecular complexity index is 709. The first-order valence-electron chi connectivity index (χ1n) is 6.80. The van der Waals surface area contributed by atoms with Gasteiger partial charge in [0, 0.05) is 12.2 Å². The van der Waals surface area contributed by atoms with Crippen molar-refractivity contribution < 1.29 is 19.2 Å². The molecule has 21 heavy (non-hydrogen) atoms. The van der Waals surface area contributed by atoms with E-state index in [9.17, 15) is 9.59 Å². The second-order valence-electron chi connectivity index (χ2n) is 5.36. The Labute approximate surface area is 120 Å². The third-order valence-corrected chi connectivity index (χ3v) is 3.89. The van der Waals surface area contributed by atoms with E-state index < -0.39 is 5.97 Å². The van der Waals surface area contributed by atoms with E-state index in [4.69, 9.17) is 9.63 Å². The van der Waals surface area contributed by atoms with Gasteiger partial charge in [0.25, 0.3) is 11.6 Å². The fraction of sp³-hybridized carbons (Fsp3) is 0.429. The third kappa shape index (κ3) is 2.58. The number of amides is 1. The maximum atomic E-state index is 12.2. The number of nitrogens with one attached hydrogen (secondary N) is 1. The Morgan fingerprint density at radius 1 is 1.43 bits per heavy atom. The van der Waals surface area contributed by atoms with E-state index in [1.807, 2.05) is 0 Å². The number of carbonyl (C=O) groups is 2. The number of pyridine rings is 1. The van der Waals surface area contributed by atoms with E-state index in [1.54, 1.807) is 13.0 Å². The lowest BCUT2D eigenvalue weighted by atomic mass is 10.1. The van der Waals surface area contributed by atoms with Crippen LogP contribution in [0.1, 0.15) is 35.3 Å². The van der Waals surface area contributed by atoms with E-state index in [0.29, 0.717) is 41.6 Å². The molecule has 7 heteroatoms. The zero-order valence-corrected chi connectivity index (χ0v) is 11.5. The van der Waals surface area contributed by atoms with Crippen LogP contribution in [0.2, 0.25) is 0 Å². The fourth-order valence-electron chi connectivity index (χ4n) is 2.67. The highest BCUT2D eigenvalue weighted by atomic mass is 16.5. The number of carboxylic acids is 1. The number of nitrogens with zero attached hydrogens (tertiary/aromatic N) is 2. The van der Waals surface area contributed by atoms with Crippen molar-refractivity contribution in [2.24, 2.45) is 5.92 Å². The molecular weight excluding hydrogens is 274 g/mol. The van der Waals surface area contributed by atoms with Gasteiger partial charge in [-0.15, -0.1) is 0 Å². The number of hydrogen-bond acceptors (Lipinski definition) is 5. The molecule has 0 bridgehead atoms. The van der Waals surface area contributed by atoms with Gasteiger partial charge < -0.3 is 14.9 Å². The molecule has 2 aromatic heterocycles. The predicted octanol–water partition coefficient (Wildman–Crippen LogP) is 1.51. The minimum absolute atomic E-state index is 0.0992. The summed E-state index contributed by atoms with van der Waals surface area (Å²) in [4.78, 5) is 27.2. The Hall–Kier alpha value is -2.44. The molecule has 0 saturated heterocycles. The molecule has 0 spiro atoms. The van der Waals surface area contributed by atoms with Crippen LogP contribution in [0, 0.1) is 12.8 Å². The summed E-state index contributed by atoms with van der Waals surface area (Å²) in [6, 6.07) is 1.59. The molecule has 2 aromatic rings. The number of aliphatic carboxylic acids is 1. The predicted molar refractivity (Wildman–Crippen MR) is 72.8 cm³/mol. The first-order valence-corrected chi connectivity index (χ1v) is 6.80. The largest absolute Gasteiger partial charge is 0.481 e. The first kappa shape index (κ1) is 13.5. The van der Waals surface area contributed by atoms with E-state index in [-0.39, 0.29) is 17.9 Å². The molecule has 2 heterocycles. The average molecular weight is 289 g/mol. The summed E-state index contributed by atoms with van der Waals surface area (Å²) in [5.74, 6) is -1.41. The molecule has 1 aliphatic rings. The minimum atomic E-state index is -0.796. The standard InChI is InChI=1S/C14H15N3O4/c1-7-11-5-9(6-15-13(11)21-17-7)12(18)16-10-3-2-8(4-10)14(19)20/h5-6,8,10H,2-4H2,1H3,(H,16,18)(H,19,20). The number of hydrogen-bond donors (Lipinski definition) is 2. The summed E-state index contributed by atoms with van der Waals surface area (Å²) >= 11 is 0. The lowest BCUT2D eigenvalue weighted by Crippen LogP contribution is -2.33. The van der Waals surface area contributed by atoms with Gasteiger partial charge in [0.15, 0.2) is 0 Å². The molecule has 2 N–H and O–H groups in total. The van der Waals surface area contributed by atoms with Crippen LogP contribution in [-0.4, -0.2) is 33.2 Å². The molecule has 1 saturated carbocycles. The van der Waals surface area contributed by atoms with Gasteiger partial charge in [-0.2, -0.15) is 0 Å². The topological polar surface area (TPSA) is 105 Å². The van der Waals surface area contributed by atoms with Crippen molar-refractivity contribution in [2.75, 3.05) is 0 Å². The summed E-state index contributed by atoms with van der Waals surface area (Å²) < 4.78 is 5.00. The zero-order chi connectivity index (χ0) is 15.0.